The number of aromatic nitrogens is 2. The van der Waals surface area contributed by atoms with Crippen LogP contribution in [-0.4, -0.2) is 18.0 Å². The van der Waals surface area contributed by atoms with Gasteiger partial charge in [0, 0.05) is 10.9 Å². The van der Waals surface area contributed by atoms with E-state index in [1.54, 1.807) is 6.92 Å². The summed E-state index contributed by atoms with van der Waals surface area (Å²) < 4.78 is 0. The van der Waals surface area contributed by atoms with E-state index >= 15 is 0 Å². The second kappa shape index (κ2) is 2.99. The van der Waals surface area contributed by atoms with Crippen molar-refractivity contribution in [3.05, 3.63) is 26.4 Å². The van der Waals surface area contributed by atoms with E-state index < -0.39 is 13.8 Å². The van der Waals surface area contributed by atoms with Crippen LogP contribution in [0, 0.1) is 6.92 Å². The van der Waals surface area contributed by atoms with Gasteiger partial charge >= 0.3 is 5.69 Å². The molecule has 72 valence electrons. The van der Waals surface area contributed by atoms with Crippen molar-refractivity contribution in [2.24, 2.45) is 0 Å². The maximum Gasteiger partial charge on any atom is 0.325 e. The van der Waals surface area contributed by atoms with E-state index in [0.717, 1.165) is 5.32 Å². The molecule has 0 aliphatic rings. The molecule has 0 radical (unpaired) electrons. The first-order chi connectivity index (χ1) is 5.82. The SMILES string of the molecule is Cc1c([Si](C)(C)C)[nH]c(=O)[nH]c1=O. The molecule has 0 unspecified atom stereocenters. The Kier molecular flexibility index (Phi) is 2.29. The average molecular weight is 198 g/mol. The molecule has 0 spiro atoms. The van der Waals surface area contributed by atoms with Crippen LogP contribution in [0.1, 0.15) is 5.56 Å². The van der Waals surface area contributed by atoms with Gasteiger partial charge in [-0.05, 0) is 6.92 Å². The van der Waals surface area contributed by atoms with Crippen LogP contribution in [0.5, 0.6) is 0 Å². The van der Waals surface area contributed by atoms with E-state index in [1.807, 2.05) is 0 Å². The van der Waals surface area contributed by atoms with E-state index in [9.17, 15) is 9.59 Å². The molecule has 0 saturated carbocycles. The van der Waals surface area contributed by atoms with Gasteiger partial charge in [0.1, 0.15) is 0 Å². The smallest absolute Gasteiger partial charge is 0.315 e. The van der Waals surface area contributed by atoms with Crippen molar-refractivity contribution in [2.45, 2.75) is 26.6 Å². The van der Waals surface area contributed by atoms with Crippen molar-refractivity contribution in [1.29, 1.82) is 0 Å². The molecule has 1 aromatic heterocycles. The third kappa shape index (κ3) is 1.98. The average Bonchev–Trinajstić information content (AvgIpc) is 1.94. The minimum atomic E-state index is -1.62. The van der Waals surface area contributed by atoms with Gasteiger partial charge in [-0.15, -0.1) is 0 Å². The lowest BCUT2D eigenvalue weighted by molar-refractivity contribution is 1.03. The molecule has 4 nitrogen and oxygen atoms in total. The first kappa shape index (κ1) is 9.98. The zero-order valence-electron chi connectivity index (χ0n) is 8.32. The molecule has 0 aliphatic heterocycles. The van der Waals surface area contributed by atoms with Gasteiger partial charge < -0.3 is 4.98 Å². The second-order valence-electron chi connectivity index (χ2n) is 4.16. The summed E-state index contributed by atoms with van der Waals surface area (Å²) in [4.78, 5) is 27.2. The normalized spacial score (nSPS) is 11.7. The van der Waals surface area contributed by atoms with Crippen LogP contribution >= 0.6 is 0 Å². The van der Waals surface area contributed by atoms with Gasteiger partial charge in [-0.1, -0.05) is 19.6 Å². The minimum absolute atomic E-state index is 0.277. The Morgan fingerprint density at radius 2 is 1.62 bits per heavy atom. The Hall–Kier alpha value is -1.10. The zero-order valence-corrected chi connectivity index (χ0v) is 9.32. The van der Waals surface area contributed by atoms with Crippen LogP contribution in [0.3, 0.4) is 0 Å². The van der Waals surface area contributed by atoms with Gasteiger partial charge in [0.25, 0.3) is 5.56 Å². The van der Waals surface area contributed by atoms with Gasteiger partial charge in [0.05, 0.1) is 8.07 Å². The molecule has 0 atom stereocenters. The topological polar surface area (TPSA) is 65.7 Å². The van der Waals surface area contributed by atoms with Crippen LogP contribution in [0.25, 0.3) is 0 Å². The molecule has 0 saturated heterocycles. The Morgan fingerprint density at radius 1 is 1.08 bits per heavy atom. The molecule has 2 N–H and O–H groups in total. The molecule has 0 amide bonds. The summed E-state index contributed by atoms with van der Waals surface area (Å²) in [6, 6.07) is 0. The fraction of sp³-hybridized carbons (Fsp3) is 0.500. The third-order valence-electron chi connectivity index (χ3n) is 1.93. The van der Waals surface area contributed by atoms with Gasteiger partial charge in [0.15, 0.2) is 0 Å². The Bertz CT molecular complexity index is 425. The highest BCUT2D eigenvalue weighted by atomic mass is 28.3. The highest BCUT2D eigenvalue weighted by Crippen LogP contribution is 1.99. The first-order valence-electron chi connectivity index (χ1n) is 4.16. The van der Waals surface area contributed by atoms with E-state index in [-0.39, 0.29) is 5.56 Å². The summed E-state index contributed by atoms with van der Waals surface area (Å²) in [6.45, 7) is 8.00. The summed E-state index contributed by atoms with van der Waals surface area (Å²) in [5.41, 5.74) is -0.0482. The predicted octanol–water partition coefficient (Wildman–Crippen LogP) is -0.0832. The van der Waals surface area contributed by atoms with E-state index in [1.165, 1.54) is 0 Å². The van der Waals surface area contributed by atoms with Crippen LogP contribution in [-0.2, 0) is 0 Å². The van der Waals surface area contributed by atoms with Gasteiger partial charge in [-0.2, -0.15) is 0 Å². The summed E-state index contributed by atoms with van der Waals surface area (Å²) in [5.74, 6) is 0. The quantitative estimate of drug-likeness (QED) is 0.620. The van der Waals surface area contributed by atoms with Crippen LogP contribution < -0.4 is 16.6 Å². The fourth-order valence-electron chi connectivity index (χ4n) is 1.30. The van der Waals surface area contributed by atoms with Crippen molar-refractivity contribution in [2.75, 3.05) is 0 Å². The monoisotopic (exact) mass is 198 g/mol. The molecule has 5 heteroatoms. The van der Waals surface area contributed by atoms with Crippen molar-refractivity contribution in [3.63, 3.8) is 0 Å². The summed E-state index contributed by atoms with van der Waals surface area (Å²) in [7, 11) is -1.62. The molecular formula is C8H14N2O2Si. The van der Waals surface area contributed by atoms with Crippen molar-refractivity contribution < 1.29 is 0 Å². The number of nitrogens with one attached hydrogen (secondary N) is 2. The lowest BCUT2D eigenvalue weighted by Gasteiger charge is -2.17. The summed E-state index contributed by atoms with van der Waals surface area (Å²) in [6.07, 6.45) is 0. The van der Waals surface area contributed by atoms with Gasteiger partial charge in [-0.3, -0.25) is 9.78 Å². The lowest BCUT2D eigenvalue weighted by Crippen LogP contribution is -2.48. The number of aromatic amines is 2. The molecule has 0 aromatic carbocycles. The van der Waals surface area contributed by atoms with Crippen LogP contribution in [0.2, 0.25) is 19.6 Å². The molecule has 0 aliphatic carbocycles. The third-order valence-corrected chi connectivity index (χ3v) is 3.93. The first-order valence-corrected chi connectivity index (χ1v) is 7.66. The highest BCUT2D eigenvalue weighted by molar-refractivity contribution is 6.88. The Labute approximate surface area is 77.0 Å². The second-order valence-corrected chi connectivity index (χ2v) is 9.16. The lowest BCUT2D eigenvalue weighted by atomic mass is 10.4. The molecule has 1 heterocycles. The molecule has 0 bridgehead atoms. The van der Waals surface area contributed by atoms with Crippen LogP contribution in [0.4, 0.5) is 0 Å². The predicted molar refractivity (Wildman–Crippen MR) is 55.4 cm³/mol. The van der Waals surface area contributed by atoms with Gasteiger partial charge in [-0.25, -0.2) is 4.79 Å². The van der Waals surface area contributed by atoms with Crippen molar-refractivity contribution in [1.82, 2.24) is 9.97 Å². The zero-order chi connectivity index (χ0) is 10.2. The Balaban J connectivity index is 3.56. The molecular weight excluding hydrogens is 184 g/mol. The summed E-state index contributed by atoms with van der Waals surface area (Å²) >= 11 is 0. The number of hydrogen-bond acceptors (Lipinski definition) is 2. The maximum atomic E-state index is 11.3. The number of hydrogen-bond donors (Lipinski definition) is 2. The van der Waals surface area contributed by atoms with E-state index in [2.05, 4.69) is 29.6 Å². The molecule has 1 aromatic rings. The van der Waals surface area contributed by atoms with Crippen molar-refractivity contribution in [3.8, 4) is 0 Å². The molecule has 1 rings (SSSR count). The van der Waals surface area contributed by atoms with Crippen LogP contribution in [0.15, 0.2) is 9.59 Å². The standard InChI is InChI=1S/C8H14N2O2Si/c1-5-6(11)9-8(12)10-7(5)13(2,3)4/h1-4H3,(H2,9,10,11,12). The largest absolute Gasteiger partial charge is 0.325 e. The number of H-pyrrole nitrogens is 2. The molecule has 0 fully saturated rings. The summed E-state index contributed by atoms with van der Waals surface area (Å²) in [5, 5.41) is 0.834. The molecule has 13 heavy (non-hydrogen) atoms. The van der Waals surface area contributed by atoms with Crippen molar-refractivity contribution >= 4 is 13.4 Å². The van der Waals surface area contributed by atoms with E-state index in [4.69, 9.17) is 0 Å². The number of rotatable bonds is 1. The minimum Gasteiger partial charge on any atom is -0.315 e. The van der Waals surface area contributed by atoms with E-state index in [0.29, 0.717) is 5.56 Å². The maximum absolute atomic E-state index is 11.3. The Morgan fingerprint density at radius 3 is 2.08 bits per heavy atom. The van der Waals surface area contributed by atoms with Gasteiger partial charge in [0.2, 0.25) is 0 Å². The highest BCUT2D eigenvalue weighted by Gasteiger charge is 2.21. The fourth-order valence-corrected chi connectivity index (χ4v) is 3.03.